The van der Waals surface area contributed by atoms with Crippen molar-refractivity contribution >= 4 is 11.7 Å². The number of ketones is 1. The lowest BCUT2D eigenvalue weighted by Gasteiger charge is -2.34. The molecule has 0 spiro atoms. The largest absolute Gasteiger partial charge is 0.329 e. The predicted molar refractivity (Wildman–Crippen MR) is 97.1 cm³/mol. The third-order valence-electron chi connectivity index (χ3n) is 5.36. The molecule has 0 aromatic heterocycles. The Morgan fingerprint density at radius 1 is 0.885 bits per heavy atom. The average Bonchev–Trinajstić information content (AvgIpc) is 2.62. The third kappa shape index (κ3) is 3.07. The van der Waals surface area contributed by atoms with Gasteiger partial charge >= 0.3 is 0 Å². The molecule has 1 aliphatic carbocycles. The fraction of sp³-hybridized carbons (Fsp3) is 0.273. The van der Waals surface area contributed by atoms with Crippen LogP contribution in [-0.4, -0.2) is 11.7 Å². The van der Waals surface area contributed by atoms with Crippen molar-refractivity contribution in [1.82, 2.24) is 5.32 Å². The summed E-state index contributed by atoms with van der Waals surface area (Å²) in [6.45, 7) is 2.03. The minimum absolute atomic E-state index is 0.0751. The van der Waals surface area contributed by atoms with Gasteiger partial charge in [-0.3, -0.25) is 9.59 Å². The zero-order chi connectivity index (χ0) is 18.3. The van der Waals surface area contributed by atoms with Gasteiger partial charge in [-0.1, -0.05) is 42.0 Å². The molecule has 4 heteroatoms. The lowest BCUT2D eigenvalue weighted by molar-refractivity contribution is -0.122. The van der Waals surface area contributed by atoms with Crippen molar-refractivity contribution in [2.45, 2.75) is 38.0 Å². The van der Waals surface area contributed by atoms with E-state index in [-0.39, 0.29) is 35.8 Å². The highest BCUT2D eigenvalue weighted by atomic mass is 19.1. The van der Waals surface area contributed by atoms with Gasteiger partial charge in [-0.25, -0.2) is 4.39 Å². The molecule has 4 rings (SSSR count). The number of halogens is 1. The molecule has 0 saturated heterocycles. The van der Waals surface area contributed by atoms with Gasteiger partial charge in [0.15, 0.2) is 5.78 Å². The second-order valence-electron chi connectivity index (χ2n) is 7.19. The monoisotopic (exact) mass is 349 g/mol. The fourth-order valence-corrected chi connectivity index (χ4v) is 4.01. The number of nitrogens with one attached hydrogen (secondary N) is 1. The van der Waals surface area contributed by atoms with Crippen LogP contribution >= 0.6 is 0 Å². The van der Waals surface area contributed by atoms with Gasteiger partial charge in [0.25, 0.3) is 0 Å². The summed E-state index contributed by atoms with van der Waals surface area (Å²) < 4.78 is 13.2. The number of allylic oxidation sites excluding steroid dienone is 2. The van der Waals surface area contributed by atoms with Gasteiger partial charge in [0.2, 0.25) is 5.91 Å². The minimum atomic E-state index is -0.322. The number of carbonyl (C=O) groups is 2. The van der Waals surface area contributed by atoms with Crippen LogP contribution in [0.4, 0.5) is 4.39 Å². The number of amides is 1. The van der Waals surface area contributed by atoms with Gasteiger partial charge in [-0.15, -0.1) is 0 Å². The molecule has 132 valence electrons. The zero-order valence-electron chi connectivity index (χ0n) is 14.6. The van der Waals surface area contributed by atoms with Crippen molar-refractivity contribution in [3.63, 3.8) is 0 Å². The summed E-state index contributed by atoms with van der Waals surface area (Å²) >= 11 is 0. The van der Waals surface area contributed by atoms with E-state index in [0.717, 1.165) is 16.8 Å². The van der Waals surface area contributed by atoms with E-state index in [1.807, 2.05) is 19.1 Å². The molecule has 0 bridgehead atoms. The molecule has 1 amide bonds. The van der Waals surface area contributed by atoms with Crippen LogP contribution in [0.1, 0.15) is 47.8 Å². The van der Waals surface area contributed by atoms with Crippen LogP contribution in [0, 0.1) is 12.7 Å². The topological polar surface area (TPSA) is 46.2 Å². The van der Waals surface area contributed by atoms with E-state index >= 15 is 0 Å². The van der Waals surface area contributed by atoms with E-state index in [1.165, 1.54) is 17.7 Å². The van der Waals surface area contributed by atoms with Gasteiger partial charge in [0.05, 0.1) is 0 Å². The minimum Gasteiger partial charge on any atom is -0.329 e. The van der Waals surface area contributed by atoms with Crippen molar-refractivity contribution < 1.29 is 14.0 Å². The maximum atomic E-state index is 13.2. The number of Topliss-reactive ketones (excluding diaryl/α,β-unsaturated/α-hetero) is 1. The van der Waals surface area contributed by atoms with Gasteiger partial charge < -0.3 is 5.32 Å². The summed E-state index contributed by atoms with van der Waals surface area (Å²) in [5.74, 6) is -0.542. The molecule has 26 heavy (non-hydrogen) atoms. The Morgan fingerprint density at radius 3 is 2.23 bits per heavy atom. The number of hydrogen-bond donors (Lipinski definition) is 1. The summed E-state index contributed by atoms with van der Waals surface area (Å²) in [6.07, 6.45) is 1.31. The second kappa shape index (κ2) is 6.52. The average molecular weight is 349 g/mol. The summed E-state index contributed by atoms with van der Waals surface area (Å²) in [4.78, 5) is 25.2. The first-order chi connectivity index (χ1) is 12.5. The molecule has 1 aliphatic heterocycles. The van der Waals surface area contributed by atoms with Crippen molar-refractivity contribution in [3.8, 4) is 0 Å². The van der Waals surface area contributed by atoms with E-state index in [9.17, 15) is 14.0 Å². The number of hydrogen-bond acceptors (Lipinski definition) is 2. The smallest absolute Gasteiger partial charge is 0.225 e. The Morgan fingerprint density at radius 2 is 1.54 bits per heavy atom. The second-order valence-corrected chi connectivity index (χ2v) is 7.19. The zero-order valence-corrected chi connectivity index (χ0v) is 14.6. The van der Waals surface area contributed by atoms with Gasteiger partial charge in [0.1, 0.15) is 5.82 Å². The summed E-state index contributed by atoms with van der Waals surface area (Å²) in [6, 6.07) is 14.3. The highest BCUT2D eigenvalue weighted by molar-refractivity contribution is 6.02. The normalized spacial score (nSPS) is 22.8. The SMILES string of the molecule is Cc1ccc(C2CC(=O)C3=C(C2)NC(=O)CC3c2ccc(F)cc2)cc1. The first-order valence-electron chi connectivity index (χ1n) is 8.89. The van der Waals surface area contributed by atoms with Crippen LogP contribution in [0.5, 0.6) is 0 Å². The van der Waals surface area contributed by atoms with E-state index in [4.69, 9.17) is 0 Å². The molecular weight excluding hydrogens is 329 g/mol. The maximum Gasteiger partial charge on any atom is 0.225 e. The summed E-state index contributed by atoms with van der Waals surface area (Å²) in [5, 5.41) is 2.92. The predicted octanol–water partition coefficient (Wildman–Crippen LogP) is 4.14. The lowest BCUT2D eigenvalue weighted by atomic mass is 9.73. The van der Waals surface area contributed by atoms with E-state index < -0.39 is 0 Å². The van der Waals surface area contributed by atoms with Crippen LogP contribution in [-0.2, 0) is 9.59 Å². The van der Waals surface area contributed by atoms with Crippen LogP contribution in [0.2, 0.25) is 0 Å². The molecule has 1 heterocycles. The Hall–Kier alpha value is -2.75. The van der Waals surface area contributed by atoms with Crippen LogP contribution in [0.15, 0.2) is 59.8 Å². The summed E-state index contributed by atoms with van der Waals surface area (Å²) in [7, 11) is 0. The number of aryl methyl sites for hydroxylation is 1. The van der Waals surface area contributed by atoms with Crippen LogP contribution in [0.3, 0.4) is 0 Å². The van der Waals surface area contributed by atoms with Crippen LogP contribution in [0.25, 0.3) is 0 Å². The fourth-order valence-electron chi connectivity index (χ4n) is 4.01. The van der Waals surface area contributed by atoms with Crippen molar-refractivity contribution in [1.29, 1.82) is 0 Å². The molecule has 0 radical (unpaired) electrons. The Bertz CT molecular complexity index is 897. The molecule has 2 unspecified atom stereocenters. The Kier molecular flexibility index (Phi) is 4.19. The summed E-state index contributed by atoms with van der Waals surface area (Å²) in [5.41, 5.74) is 4.54. The molecule has 2 aromatic carbocycles. The van der Waals surface area contributed by atoms with Gasteiger partial charge in [-0.05, 0) is 42.5 Å². The Labute approximate surface area is 151 Å². The molecule has 2 atom stereocenters. The molecule has 1 N–H and O–H groups in total. The first kappa shape index (κ1) is 16.7. The highest BCUT2D eigenvalue weighted by Crippen LogP contribution is 2.42. The van der Waals surface area contributed by atoms with Crippen molar-refractivity contribution in [2.75, 3.05) is 0 Å². The van der Waals surface area contributed by atoms with E-state index in [2.05, 4.69) is 17.4 Å². The molecule has 2 aliphatic rings. The highest BCUT2D eigenvalue weighted by Gasteiger charge is 2.38. The molecule has 3 nitrogen and oxygen atoms in total. The lowest BCUT2D eigenvalue weighted by Crippen LogP contribution is -2.38. The van der Waals surface area contributed by atoms with Crippen molar-refractivity contribution in [2.24, 2.45) is 0 Å². The molecule has 2 aromatic rings. The van der Waals surface area contributed by atoms with E-state index in [1.54, 1.807) is 12.1 Å². The quantitative estimate of drug-likeness (QED) is 0.886. The number of benzene rings is 2. The Balaban J connectivity index is 1.70. The van der Waals surface area contributed by atoms with E-state index in [0.29, 0.717) is 18.4 Å². The van der Waals surface area contributed by atoms with Gasteiger partial charge in [-0.2, -0.15) is 0 Å². The molecule has 0 saturated carbocycles. The molecular formula is C22H20FNO2. The molecule has 0 fully saturated rings. The number of rotatable bonds is 2. The van der Waals surface area contributed by atoms with Crippen LogP contribution < -0.4 is 5.32 Å². The maximum absolute atomic E-state index is 13.2. The van der Waals surface area contributed by atoms with Gasteiger partial charge in [0, 0.05) is 30.0 Å². The third-order valence-corrected chi connectivity index (χ3v) is 5.36. The standard InChI is InChI=1S/C22H20FNO2/c1-13-2-4-14(5-3-13)16-10-19-22(20(25)11-16)18(12-21(26)24-19)15-6-8-17(23)9-7-15/h2-9,16,18H,10-12H2,1H3,(H,24,26). The first-order valence-corrected chi connectivity index (χ1v) is 8.89. The number of carbonyl (C=O) groups excluding carboxylic acids is 2. The van der Waals surface area contributed by atoms with Crippen molar-refractivity contribution in [3.05, 3.63) is 82.3 Å².